The van der Waals surface area contributed by atoms with E-state index < -0.39 is 0 Å². The van der Waals surface area contributed by atoms with Gasteiger partial charge < -0.3 is 10.2 Å². The molecule has 1 unspecified atom stereocenters. The van der Waals surface area contributed by atoms with Gasteiger partial charge in [-0.1, -0.05) is 6.92 Å². The molecule has 1 aliphatic heterocycles. The van der Waals surface area contributed by atoms with E-state index in [1.165, 1.54) is 6.42 Å². The van der Waals surface area contributed by atoms with Crippen LogP contribution in [0.3, 0.4) is 0 Å². The topological polar surface area (TPSA) is 45.2 Å². The zero-order valence-corrected chi connectivity index (χ0v) is 11.9. The van der Waals surface area contributed by atoms with Crippen LogP contribution in [0.4, 0.5) is 5.69 Å². The maximum atomic E-state index is 12.5. The van der Waals surface area contributed by atoms with E-state index in [0.717, 1.165) is 38.0 Å². The van der Waals surface area contributed by atoms with E-state index in [0.29, 0.717) is 11.7 Å². The van der Waals surface area contributed by atoms with E-state index in [4.69, 9.17) is 0 Å². The number of amides is 1. The number of hydrogen-bond acceptors (Lipinski definition) is 3. The van der Waals surface area contributed by atoms with Crippen molar-refractivity contribution in [2.24, 2.45) is 0 Å². The summed E-state index contributed by atoms with van der Waals surface area (Å²) in [7, 11) is 0. The highest BCUT2D eigenvalue weighted by Crippen LogP contribution is 2.19. The number of rotatable bonds is 4. The van der Waals surface area contributed by atoms with Gasteiger partial charge in [-0.3, -0.25) is 9.78 Å². The lowest BCUT2D eigenvalue weighted by Gasteiger charge is -2.33. The monoisotopic (exact) mass is 261 g/mol. The number of pyridine rings is 1. The Hall–Kier alpha value is -1.58. The van der Waals surface area contributed by atoms with E-state index in [1.807, 2.05) is 17.0 Å². The van der Waals surface area contributed by atoms with Crippen LogP contribution in [0.1, 0.15) is 50.0 Å². The molecule has 0 aromatic carbocycles. The van der Waals surface area contributed by atoms with E-state index >= 15 is 0 Å². The molecule has 0 saturated carbocycles. The molecule has 1 fully saturated rings. The molecule has 0 radical (unpaired) electrons. The van der Waals surface area contributed by atoms with Crippen LogP contribution in [0.25, 0.3) is 0 Å². The quantitative estimate of drug-likeness (QED) is 0.906. The second-order valence-corrected chi connectivity index (χ2v) is 5.20. The average Bonchev–Trinajstić information content (AvgIpc) is 2.45. The van der Waals surface area contributed by atoms with Crippen molar-refractivity contribution in [2.45, 2.75) is 45.6 Å². The maximum absolute atomic E-state index is 12.5. The molecule has 104 valence electrons. The Kier molecular flexibility index (Phi) is 4.77. The van der Waals surface area contributed by atoms with Crippen LogP contribution in [0, 0.1) is 0 Å². The minimum Gasteiger partial charge on any atom is -0.385 e. The van der Waals surface area contributed by atoms with Gasteiger partial charge in [-0.05, 0) is 44.7 Å². The summed E-state index contributed by atoms with van der Waals surface area (Å²) in [4.78, 5) is 18.7. The van der Waals surface area contributed by atoms with E-state index in [9.17, 15) is 4.79 Å². The largest absolute Gasteiger partial charge is 0.385 e. The first-order chi connectivity index (χ1) is 9.22. The number of hydrogen-bond donors (Lipinski definition) is 1. The fourth-order valence-corrected chi connectivity index (χ4v) is 2.47. The first kappa shape index (κ1) is 13.8. The lowest BCUT2D eigenvalue weighted by molar-refractivity contribution is 0.0629. The highest BCUT2D eigenvalue weighted by Gasteiger charge is 2.24. The Balaban J connectivity index is 2.09. The summed E-state index contributed by atoms with van der Waals surface area (Å²) in [5, 5.41) is 3.29. The lowest BCUT2D eigenvalue weighted by Crippen LogP contribution is -2.42. The number of piperidine rings is 1. The Labute approximate surface area is 115 Å². The average molecular weight is 261 g/mol. The van der Waals surface area contributed by atoms with Crippen molar-refractivity contribution in [3.05, 3.63) is 24.0 Å². The summed E-state index contributed by atoms with van der Waals surface area (Å²) in [6.45, 7) is 6.01. The molecule has 2 heterocycles. The summed E-state index contributed by atoms with van der Waals surface area (Å²) in [6, 6.07) is 4.10. The molecule has 4 heteroatoms. The third kappa shape index (κ3) is 3.46. The van der Waals surface area contributed by atoms with Crippen LogP contribution in [0.2, 0.25) is 0 Å². The van der Waals surface area contributed by atoms with Gasteiger partial charge in [-0.25, -0.2) is 0 Å². The highest BCUT2D eigenvalue weighted by atomic mass is 16.2. The molecule has 1 N–H and O–H groups in total. The molecule has 0 spiro atoms. The van der Waals surface area contributed by atoms with Gasteiger partial charge in [0.1, 0.15) is 5.69 Å². The zero-order chi connectivity index (χ0) is 13.7. The Morgan fingerprint density at radius 3 is 3.11 bits per heavy atom. The number of carbonyl (C=O) groups is 1. The van der Waals surface area contributed by atoms with Gasteiger partial charge in [0.25, 0.3) is 5.91 Å². The zero-order valence-electron chi connectivity index (χ0n) is 11.9. The molecule has 19 heavy (non-hydrogen) atoms. The lowest BCUT2D eigenvalue weighted by atomic mass is 10.0. The Morgan fingerprint density at radius 1 is 1.53 bits per heavy atom. The van der Waals surface area contributed by atoms with Crippen LogP contribution < -0.4 is 5.32 Å². The van der Waals surface area contributed by atoms with E-state index in [2.05, 4.69) is 24.1 Å². The number of carbonyl (C=O) groups excluding carboxylic acids is 1. The van der Waals surface area contributed by atoms with Crippen LogP contribution in [0.15, 0.2) is 18.3 Å². The van der Waals surface area contributed by atoms with E-state index in [1.54, 1.807) is 6.20 Å². The minimum atomic E-state index is 0.0624. The van der Waals surface area contributed by atoms with Crippen molar-refractivity contribution < 1.29 is 4.79 Å². The molecule has 1 aromatic heterocycles. The highest BCUT2D eigenvalue weighted by molar-refractivity contribution is 5.93. The third-order valence-electron chi connectivity index (χ3n) is 3.62. The number of nitrogens with zero attached hydrogens (tertiary/aromatic N) is 2. The van der Waals surface area contributed by atoms with Crippen LogP contribution >= 0.6 is 0 Å². The van der Waals surface area contributed by atoms with Crippen molar-refractivity contribution in [3.63, 3.8) is 0 Å². The number of aromatic nitrogens is 1. The number of anilines is 1. The van der Waals surface area contributed by atoms with Crippen molar-refractivity contribution in [1.82, 2.24) is 9.88 Å². The predicted octanol–water partition coefficient (Wildman–Crippen LogP) is 2.92. The minimum absolute atomic E-state index is 0.0624. The molecule has 1 atom stereocenters. The van der Waals surface area contributed by atoms with Crippen molar-refractivity contribution >= 4 is 11.6 Å². The SMILES string of the molecule is CCCNc1ccnc(C(=O)N2CCCCC2C)c1. The van der Waals surface area contributed by atoms with Gasteiger partial charge in [0, 0.05) is 31.0 Å². The summed E-state index contributed by atoms with van der Waals surface area (Å²) in [5.74, 6) is 0.0624. The fourth-order valence-electron chi connectivity index (χ4n) is 2.47. The first-order valence-electron chi connectivity index (χ1n) is 7.23. The van der Waals surface area contributed by atoms with Gasteiger partial charge in [0.2, 0.25) is 0 Å². The first-order valence-corrected chi connectivity index (χ1v) is 7.23. The van der Waals surface area contributed by atoms with Gasteiger partial charge in [0.15, 0.2) is 0 Å². The normalized spacial score (nSPS) is 19.3. The van der Waals surface area contributed by atoms with Crippen LogP contribution in [-0.4, -0.2) is 34.9 Å². The summed E-state index contributed by atoms with van der Waals surface area (Å²) < 4.78 is 0. The Morgan fingerprint density at radius 2 is 2.37 bits per heavy atom. The van der Waals surface area contributed by atoms with Gasteiger partial charge in [-0.2, -0.15) is 0 Å². The fraction of sp³-hybridized carbons (Fsp3) is 0.600. The molecule has 1 aliphatic rings. The standard InChI is InChI=1S/C15H23N3O/c1-3-8-16-13-7-9-17-14(11-13)15(19)18-10-5-4-6-12(18)2/h7,9,11-12H,3-6,8,10H2,1-2H3,(H,16,17). The summed E-state index contributed by atoms with van der Waals surface area (Å²) >= 11 is 0. The molecule has 2 rings (SSSR count). The van der Waals surface area contributed by atoms with Crippen LogP contribution in [-0.2, 0) is 0 Å². The molecule has 1 amide bonds. The summed E-state index contributed by atoms with van der Waals surface area (Å²) in [5.41, 5.74) is 1.53. The van der Waals surface area contributed by atoms with Crippen molar-refractivity contribution in [3.8, 4) is 0 Å². The van der Waals surface area contributed by atoms with Gasteiger partial charge in [-0.15, -0.1) is 0 Å². The van der Waals surface area contributed by atoms with Gasteiger partial charge in [0.05, 0.1) is 0 Å². The van der Waals surface area contributed by atoms with E-state index in [-0.39, 0.29) is 5.91 Å². The molecule has 4 nitrogen and oxygen atoms in total. The van der Waals surface area contributed by atoms with Gasteiger partial charge >= 0.3 is 0 Å². The molecule has 0 bridgehead atoms. The molecular weight excluding hydrogens is 238 g/mol. The number of likely N-dealkylation sites (tertiary alicyclic amines) is 1. The summed E-state index contributed by atoms with van der Waals surface area (Å²) in [6.07, 6.45) is 6.19. The second kappa shape index (κ2) is 6.55. The smallest absolute Gasteiger partial charge is 0.272 e. The third-order valence-corrected chi connectivity index (χ3v) is 3.62. The Bertz CT molecular complexity index is 433. The second-order valence-electron chi connectivity index (χ2n) is 5.20. The van der Waals surface area contributed by atoms with Crippen molar-refractivity contribution in [1.29, 1.82) is 0 Å². The molecule has 1 aromatic rings. The number of nitrogens with one attached hydrogen (secondary N) is 1. The van der Waals surface area contributed by atoms with Crippen molar-refractivity contribution in [2.75, 3.05) is 18.4 Å². The molecular formula is C15H23N3O. The molecule has 0 aliphatic carbocycles. The maximum Gasteiger partial charge on any atom is 0.272 e. The van der Waals surface area contributed by atoms with Crippen LogP contribution in [0.5, 0.6) is 0 Å². The molecule has 1 saturated heterocycles. The predicted molar refractivity (Wildman–Crippen MR) is 77.4 cm³/mol.